The molecule has 1 aromatic rings. The third-order valence-corrected chi connectivity index (χ3v) is 3.29. The molecule has 3 N–H and O–H groups in total. The first kappa shape index (κ1) is 12.3. The Hall–Kier alpha value is -1.13. The first-order chi connectivity index (χ1) is 8.08. The molecule has 1 aliphatic rings. The molecule has 1 heterocycles. The highest BCUT2D eigenvalue weighted by Crippen LogP contribution is 2.28. The van der Waals surface area contributed by atoms with Crippen molar-refractivity contribution < 1.29 is 9.50 Å². The Kier molecular flexibility index (Phi) is 3.64. The zero-order valence-corrected chi connectivity index (χ0v) is 10.1. The van der Waals surface area contributed by atoms with Crippen LogP contribution < -0.4 is 10.6 Å². The van der Waals surface area contributed by atoms with Crippen LogP contribution in [-0.2, 0) is 0 Å². The topological polar surface area (TPSA) is 49.5 Å². The van der Waals surface area contributed by atoms with E-state index in [-0.39, 0.29) is 18.0 Å². The summed E-state index contributed by atoms with van der Waals surface area (Å²) < 4.78 is 13.2. The van der Waals surface area contributed by atoms with Crippen molar-refractivity contribution in [1.82, 2.24) is 0 Å². The number of rotatable bonds is 2. The quantitative estimate of drug-likeness (QED) is 0.826. The van der Waals surface area contributed by atoms with E-state index in [9.17, 15) is 9.50 Å². The highest BCUT2D eigenvalue weighted by Gasteiger charge is 2.20. The normalized spacial score (nSPS) is 19.4. The van der Waals surface area contributed by atoms with Gasteiger partial charge in [-0.25, -0.2) is 4.39 Å². The molecule has 1 fully saturated rings. The second-order valence-corrected chi connectivity index (χ2v) is 4.71. The zero-order valence-electron chi connectivity index (χ0n) is 10.1. The van der Waals surface area contributed by atoms with Crippen LogP contribution in [0.5, 0.6) is 0 Å². The minimum atomic E-state index is -0.252. The summed E-state index contributed by atoms with van der Waals surface area (Å²) in [5.41, 5.74) is 7.70. The van der Waals surface area contributed by atoms with Gasteiger partial charge in [-0.1, -0.05) is 0 Å². The summed E-state index contributed by atoms with van der Waals surface area (Å²) in [6.07, 6.45) is 1.32. The fraction of sp³-hybridized carbons (Fsp3) is 0.538. The van der Waals surface area contributed by atoms with Gasteiger partial charge in [0.25, 0.3) is 0 Å². The number of hydrogen-bond donors (Lipinski definition) is 2. The molecular formula is C13H19FN2O. The highest BCUT2D eigenvalue weighted by molar-refractivity contribution is 5.55. The summed E-state index contributed by atoms with van der Waals surface area (Å²) in [4.78, 5) is 2.17. The van der Waals surface area contributed by atoms with Crippen molar-refractivity contribution in [2.45, 2.75) is 31.9 Å². The summed E-state index contributed by atoms with van der Waals surface area (Å²) in [5.74, 6) is -0.252. The zero-order chi connectivity index (χ0) is 12.4. The SMILES string of the molecule is C[C@H](N)c1cc(F)ccc1N1CCC(O)CC1. The van der Waals surface area contributed by atoms with Crippen LogP contribution in [0, 0.1) is 5.82 Å². The number of aliphatic hydroxyl groups excluding tert-OH is 1. The summed E-state index contributed by atoms with van der Waals surface area (Å²) >= 11 is 0. The van der Waals surface area contributed by atoms with Crippen LogP contribution in [-0.4, -0.2) is 24.3 Å². The largest absolute Gasteiger partial charge is 0.393 e. The summed E-state index contributed by atoms with van der Waals surface area (Å²) in [5, 5.41) is 9.49. The number of nitrogens with two attached hydrogens (primary N) is 1. The molecule has 3 nitrogen and oxygen atoms in total. The molecule has 0 spiro atoms. The van der Waals surface area contributed by atoms with Gasteiger partial charge in [0.05, 0.1) is 6.10 Å². The van der Waals surface area contributed by atoms with Gasteiger partial charge in [-0.05, 0) is 43.5 Å². The molecule has 4 heteroatoms. The number of piperidine rings is 1. The van der Waals surface area contributed by atoms with E-state index >= 15 is 0 Å². The average molecular weight is 238 g/mol. The standard InChI is InChI=1S/C13H19FN2O/c1-9(15)12-8-10(14)2-3-13(12)16-6-4-11(17)5-7-16/h2-3,8-9,11,17H,4-7,15H2,1H3/t9-/m0/s1. The fourth-order valence-electron chi connectivity index (χ4n) is 2.28. The van der Waals surface area contributed by atoms with E-state index in [4.69, 9.17) is 5.73 Å². The van der Waals surface area contributed by atoms with Gasteiger partial charge in [-0.15, -0.1) is 0 Å². The van der Waals surface area contributed by atoms with Crippen LogP contribution in [0.3, 0.4) is 0 Å². The molecule has 0 amide bonds. The third-order valence-electron chi connectivity index (χ3n) is 3.29. The Morgan fingerprint density at radius 1 is 1.41 bits per heavy atom. The van der Waals surface area contributed by atoms with Crippen molar-refractivity contribution in [3.63, 3.8) is 0 Å². The lowest BCUT2D eigenvalue weighted by atomic mass is 10.0. The maximum Gasteiger partial charge on any atom is 0.123 e. The van der Waals surface area contributed by atoms with E-state index in [0.29, 0.717) is 0 Å². The summed E-state index contributed by atoms with van der Waals surface area (Å²) in [7, 11) is 0. The second kappa shape index (κ2) is 5.02. The average Bonchev–Trinajstić information content (AvgIpc) is 2.30. The molecule has 1 aliphatic heterocycles. The number of aliphatic hydroxyl groups is 1. The lowest BCUT2D eigenvalue weighted by molar-refractivity contribution is 0.145. The molecule has 2 rings (SSSR count). The monoisotopic (exact) mass is 238 g/mol. The number of nitrogens with zero attached hydrogens (tertiary/aromatic N) is 1. The Balaban J connectivity index is 2.25. The molecule has 1 saturated heterocycles. The minimum absolute atomic E-state index is 0.187. The van der Waals surface area contributed by atoms with E-state index in [1.54, 1.807) is 6.07 Å². The van der Waals surface area contributed by atoms with Crippen molar-refractivity contribution in [1.29, 1.82) is 0 Å². The lowest BCUT2D eigenvalue weighted by Gasteiger charge is -2.33. The Morgan fingerprint density at radius 2 is 2.06 bits per heavy atom. The van der Waals surface area contributed by atoms with Crippen LogP contribution in [0.4, 0.5) is 10.1 Å². The predicted octanol–water partition coefficient (Wildman–Crippen LogP) is 1.81. The molecule has 0 aromatic heterocycles. The van der Waals surface area contributed by atoms with E-state index in [1.807, 2.05) is 6.92 Å². The summed E-state index contributed by atoms with van der Waals surface area (Å²) in [6.45, 7) is 3.45. The molecule has 0 aliphatic carbocycles. The Labute approximate surface area is 101 Å². The van der Waals surface area contributed by atoms with Gasteiger partial charge in [0, 0.05) is 24.8 Å². The van der Waals surface area contributed by atoms with E-state index < -0.39 is 0 Å². The first-order valence-corrected chi connectivity index (χ1v) is 6.06. The molecule has 0 radical (unpaired) electrons. The molecular weight excluding hydrogens is 219 g/mol. The predicted molar refractivity (Wildman–Crippen MR) is 66.5 cm³/mol. The Morgan fingerprint density at radius 3 is 2.65 bits per heavy atom. The first-order valence-electron chi connectivity index (χ1n) is 6.06. The number of halogens is 1. The number of benzene rings is 1. The third kappa shape index (κ3) is 2.76. The molecule has 94 valence electrons. The highest BCUT2D eigenvalue weighted by atomic mass is 19.1. The maximum atomic E-state index is 13.2. The van der Waals surface area contributed by atoms with Crippen molar-refractivity contribution in [2.75, 3.05) is 18.0 Å². The van der Waals surface area contributed by atoms with Gasteiger partial charge < -0.3 is 15.7 Å². The van der Waals surface area contributed by atoms with E-state index in [2.05, 4.69) is 4.90 Å². The molecule has 0 bridgehead atoms. The van der Waals surface area contributed by atoms with E-state index in [0.717, 1.165) is 37.2 Å². The van der Waals surface area contributed by atoms with Gasteiger partial charge in [0.2, 0.25) is 0 Å². The molecule has 17 heavy (non-hydrogen) atoms. The number of hydrogen-bond acceptors (Lipinski definition) is 3. The van der Waals surface area contributed by atoms with Gasteiger partial charge in [-0.3, -0.25) is 0 Å². The van der Waals surface area contributed by atoms with Crippen molar-refractivity contribution in [2.24, 2.45) is 5.73 Å². The van der Waals surface area contributed by atoms with Crippen molar-refractivity contribution in [3.8, 4) is 0 Å². The second-order valence-electron chi connectivity index (χ2n) is 4.71. The van der Waals surface area contributed by atoms with Gasteiger partial charge >= 0.3 is 0 Å². The maximum absolute atomic E-state index is 13.2. The van der Waals surface area contributed by atoms with E-state index in [1.165, 1.54) is 12.1 Å². The minimum Gasteiger partial charge on any atom is -0.393 e. The molecule has 0 unspecified atom stereocenters. The lowest BCUT2D eigenvalue weighted by Crippen LogP contribution is -2.36. The van der Waals surface area contributed by atoms with Crippen molar-refractivity contribution in [3.05, 3.63) is 29.6 Å². The van der Waals surface area contributed by atoms with Crippen molar-refractivity contribution >= 4 is 5.69 Å². The molecule has 0 saturated carbocycles. The van der Waals surface area contributed by atoms with Gasteiger partial charge in [0.1, 0.15) is 5.82 Å². The van der Waals surface area contributed by atoms with Crippen LogP contribution >= 0.6 is 0 Å². The number of anilines is 1. The van der Waals surface area contributed by atoms with Crippen LogP contribution in [0.15, 0.2) is 18.2 Å². The van der Waals surface area contributed by atoms with Crippen LogP contribution in [0.25, 0.3) is 0 Å². The smallest absolute Gasteiger partial charge is 0.123 e. The van der Waals surface area contributed by atoms with Gasteiger partial charge in [0.15, 0.2) is 0 Å². The van der Waals surface area contributed by atoms with Gasteiger partial charge in [-0.2, -0.15) is 0 Å². The summed E-state index contributed by atoms with van der Waals surface area (Å²) in [6, 6.07) is 4.57. The Bertz CT molecular complexity index is 387. The molecule has 1 aromatic carbocycles. The van der Waals surface area contributed by atoms with Crippen LogP contribution in [0.2, 0.25) is 0 Å². The molecule has 1 atom stereocenters. The fourth-order valence-corrected chi connectivity index (χ4v) is 2.28. The van der Waals surface area contributed by atoms with Crippen LogP contribution in [0.1, 0.15) is 31.4 Å².